The van der Waals surface area contributed by atoms with Crippen LogP contribution >= 0.6 is 0 Å². The van der Waals surface area contributed by atoms with Crippen LogP contribution in [0.3, 0.4) is 0 Å². The Morgan fingerprint density at radius 2 is 2.10 bits per heavy atom. The summed E-state index contributed by atoms with van der Waals surface area (Å²) in [5.74, 6) is -0.235. The Balaban J connectivity index is 1.97. The predicted octanol–water partition coefficient (Wildman–Crippen LogP) is 2.37. The number of hydrogen-bond donors (Lipinski definition) is 2. The molecule has 0 saturated carbocycles. The molecule has 6 heteroatoms. The number of pyridine rings is 1. The summed E-state index contributed by atoms with van der Waals surface area (Å²) < 4.78 is 4.90. The van der Waals surface area contributed by atoms with Crippen molar-refractivity contribution in [1.29, 1.82) is 0 Å². The number of benzene rings is 1. The van der Waals surface area contributed by atoms with Gasteiger partial charge in [-0.25, -0.2) is 0 Å². The molecule has 0 aliphatic carbocycles. The van der Waals surface area contributed by atoms with E-state index in [9.17, 15) is 4.79 Å². The zero-order valence-corrected chi connectivity index (χ0v) is 10.8. The van der Waals surface area contributed by atoms with Crippen LogP contribution in [0.1, 0.15) is 16.1 Å². The molecule has 1 aromatic carbocycles. The van der Waals surface area contributed by atoms with Gasteiger partial charge in [0.25, 0.3) is 5.91 Å². The number of amides is 1. The minimum Gasteiger partial charge on any atom is -0.396 e. The predicted molar refractivity (Wildman–Crippen MR) is 75.3 cm³/mol. The Kier molecular flexibility index (Phi) is 2.83. The average Bonchev–Trinajstić information content (AvgIpc) is 2.88. The van der Waals surface area contributed by atoms with Crippen molar-refractivity contribution in [2.75, 3.05) is 11.1 Å². The quantitative estimate of drug-likeness (QED) is 0.744. The molecule has 3 N–H and O–H groups in total. The molecule has 0 atom stereocenters. The normalized spacial score (nSPS) is 10.7. The highest BCUT2D eigenvalue weighted by molar-refractivity contribution is 6.07. The number of aryl methyl sites for hydroxylation is 1. The molecule has 0 fully saturated rings. The van der Waals surface area contributed by atoms with Crippen LogP contribution < -0.4 is 11.1 Å². The van der Waals surface area contributed by atoms with Gasteiger partial charge in [-0.3, -0.25) is 9.78 Å². The largest absolute Gasteiger partial charge is 0.396 e. The number of carbonyl (C=O) groups is 1. The fourth-order valence-electron chi connectivity index (χ4n) is 1.95. The van der Waals surface area contributed by atoms with E-state index in [0.717, 1.165) is 10.9 Å². The Morgan fingerprint density at radius 1 is 1.30 bits per heavy atom. The fraction of sp³-hybridized carbons (Fsp3) is 0.0714. The smallest absolute Gasteiger partial charge is 0.294 e. The molecule has 6 nitrogen and oxygen atoms in total. The molecular weight excluding hydrogens is 256 g/mol. The van der Waals surface area contributed by atoms with Crippen molar-refractivity contribution in [3.05, 3.63) is 48.0 Å². The maximum Gasteiger partial charge on any atom is 0.294 e. The van der Waals surface area contributed by atoms with Gasteiger partial charge in [0.05, 0.1) is 29.3 Å². The lowest BCUT2D eigenvalue weighted by molar-refractivity contribution is 0.0987. The first kappa shape index (κ1) is 12.2. The Morgan fingerprint density at radius 3 is 2.85 bits per heavy atom. The molecule has 1 amide bonds. The highest BCUT2D eigenvalue weighted by atomic mass is 16.5. The van der Waals surface area contributed by atoms with E-state index >= 15 is 0 Å². The van der Waals surface area contributed by atoms with Crippen LogP contribution in [0.2, 0.25) is 0 Å². The van der Waals surface area contributed by atoms with Crippen molar-refractivity contribution < 1.29 is 9.32 Å². The summed E-state index contributed by atoms with van der Waals surface area (Å²) in [5.41, 5.74) is 8.42. The molecular formula is C14H12N4O2. The maximum absolute atomic E-state index is 12.1. The SMILES string of the molecule is Cc1cnoc1C(=O)Nc1cnc2ccccc2c1N. The molecule has 0 aliphatic heterocycles. The number of rotatable bonds is 2. The van der Waals surface area contributed by atoms with Gasteiger partial charge in [-0.15, -0.1) is 0 Å². The van der Waals surface area contributed by atoms with Gasteiger partial charge in [-0.05, 0) is 13.0 Å². The lowest BCUT2D eigenvalue weighted by Crippen LogP contribution is -2.14. The van der Waals surface area contributed by atoms with E-state index in [4.69, 9.17) is 10.3 Å². The summed E-state index contributed by atoms with van der Waals surface area (Å²) in [7, 11) is 0. The zero-order chi connectivity index (χ0) is 14.1. The molecule has 2 aromatic heterocycles. The van der Waals surface area contributed by atoms with Crippen LogP contribution in [0.5, 0.6) is 0 Å². The van der Waals surface area contributed by atoms with Crippen LogP contribution in [0, 0.1) is 6.92 Å². The second-order valence-electron chi connectivity index (χ2n) is 4.39. The monoisotopic (exact) mass is 268 g/mol. The van der Waals surface area contributed by atoms with Gasteiger partial charge in [-0.1, -0.05) is 23.4 Å². The van der Waals surface area contributed by atoms with Crippen LogP contribution in [-0.2, 0) is 0 Å². The van der Waals surface area contributed by atoms with Gasteiger partial charge in [0.1, 0.15) is 0 Å². The number of nitrogen functional groups attached to an aromatic ring is 1. The Labute approximate surface area is 114 Å². The number of hydrogen-bond acceptors (Lipinski definition) is 5. The van der Waals surface area contributed by atoms with Crippen LogP contribution in [-0.4, -0.2) is 16.0 Å². The minimum absolute atomic E-state index is 0.164. The molecule has 20 heavy (non-hydrogen) atoms. The van der Waals surface area contributed by atoms with E-state index in [-0.39, 0.29) is 5.76 Å². The molecule has 0 radical (unpaired) electrons. The standard InChI is InChI=1S/C14H12N4O2/c1-8-6-17-20-13(8)14(19)18-11-7-16-10-5-3-2-4-9(10)12(11)15/h2-7H,1H3,(H2,15,16)(H,18,19). The van der Waals surface area contributed by atoms with Crippen molar-refractivity contribution >= 4 is 28.2 Å². The van der Waals surface area contributed by atoms with Crippen molar-refractivity contribution in [3.8, 4) is 0 Å². The van der Waals surface area contributed by atoms with E-state index in [1.807, 2.05) is 24.3 Å². The van der Waals surface area contributed by atoms with E-state index in [1.54, 1.807) is 6.92 Å². The van der Waals surface area contributed by atoms with Gasteiger partial charge in [-0.2, -0.15) is 0 Å². The van der Waals surface area contributed by atoms with E-state index in [2.05, 4.69) is 15.5 Å². The highest BCUT2D eigenvalue weighted by Gasteiger charge is 2.16. The van der Waals surface area contributed by atoms with Gasteiger partial charge in [0.2, 0.25) is 5.76 Å². The first-order valence-electron chi connectivity index (χ1n) is 6.02. The van der Waals surface area contributed by atoms with Crippen molar-refractivity contribution in [2.45, 2.75) is 6.92 Å². The van der Waals surface area contributed by atoms with E-state index in [0.29, 0.717) is 16.9 Å². The summed E-state index contributed by atoms with van der Waals surface area (Å²) in [6, 6.07) is 7.46. The van der Waals surface area contributed by atoms with Gasteiger partial charge in [0.15, 0.2) is 0 Å². The summed E-state index contributed by atoms with van der Waals surface area (Å²) in [5, 5.41) is 7.05. The van der Waals surface area contributed by atoms with E-state index in [1.165, 1.54) is 12.4 Å². The Hall–Kier alpha value is -2.89. The minimum atomic E-state index is -0.399. The van der Waals surface area contributed by atoms with Crippen LogP contribution in [0.15, 0.2) is 41.2 Å². The lowest BCUT2D eigenvalue weighted by atomic mass is 10.1. The third-order valence-electron chi connectivity index (χ3n) is 3.02. The third-order valence-corrected chi connectivity index (χ3v) is 3.02. The summed E-state index contributed by atoms with van der Waals surface area (Å²) >= 11 is 0. The lowest BCUT2D eigenvalue weighted by Gasteiger charge is -2.09. The number of nitrogens with two attached hydrogens (primary N) is 1. The molecule has 0 unspecified atom stereocenters. The molecule has 3 aromatic rings. The number of fused-ring (bicyclic) bond motifs is 1. The van der Waals surface area contributed by atoms with Crippen molar-refractivity contribution in [3.63, 3.8) is 0 Å². The number of para-hydroxylation sites is 1. The number of nitrogens with zero attached hydrogens (tertiary/aromatic N) is 2. The molecule has 3 rings (SSSR count). The molecule has 2 heterocycles. The second-order valence-corrected chi connectivity index (χ2v) is 4.39. The summed E-state index contributed by atoms with van der Waals surface area (Å²) in [4.78, 5) is 16.3. The van der Waals surface area contributed by atoms with Gasteiger partial charge in [0, 0.05) is 10.9 Å². The third kappa shape index (κ3) is 1.97. The number of aromatic nitrogens is 2. The topological polar surface area (TPSA) is 94.0 Å². The number of nitrogens with one attached hydrogen (secondary N) is 1. The maximum atomic E-state index is 12.1. The molecule has 0 spiro atoms. The molecule has 0 bridgehead atoms. The molecule has 100 valence electrons. The van der Waals surface area contributed by atoms with Crippen molar-refractivity contribution in [1.82, 2.24) is 10.1 Å². The first-order valence-corrected chi connectivity index (χ1v) is 6.02. The zero-order valence-electron chi connectivity index (χ0n) is 10.8. The highest BCUT2D eigenvalue weighted by Crippen LogP contribution is 2.27. The Bertz CT molecular complexity index is 795. The number of anilines is 2. The molecule has 0 aliphatic rings. The van der Waals surface area contributed by atoms with Crippen molar-refractivity contribution in [2.24, 2.45) is 0 Å². The average molecular weight is 268 g/mol. The summed E-state index contributed by atoms with van der Waals surface area (Å²) in [6.07, 6.45) is 3.01. The summed E-state index contributed by atoms with van der Waals surface area (Å²) in [6.45, 7) is 1.74. The number of carbonyl (C=O) groups excluding carboxylic acids is 1. The van der Waals surface area contributed by atoms with Crippen LogP contribution in [0.25, 0.3) is 10.9 Å². The van der Waals surface area contributed by atoms with Crippen LogP contribution in [0.4, 0.5) is 11.4 Å². The first-order chi connectivity index (χ1) is 9.66. The van der Waals surface area contributed by atoms with Gasteiger partial charge >= 0.3 is 0 Å². The fourth-order valence-corrected chi connectivity index (χ4v) is 1.95. The van der Waals surface area contributed by atoms with E-state index < -0.39 is 5.91 Å². The second kappa shape index (κ2) is 4.65. The van der Waals surface area contributed by atoms with Gasteiger partial charge < -0.3 is 15.6 Å². The molecule has 0 saturated heterocycles.